The number of piperidine rings is 1. The molecule has 45 heavy (non-hydrogen) atoms. The Balaban J connectivity index is 1.18. The molecule has 11 heteroatoms. The first kappa shape index (κ1) is 30.8. The van der Waals surface area contributed by atoms with Crippen molar-refractivity contribution < 1.29 is 9.53 Å². The van der Waals surface area contributed by atoms with E-state index in [2.05, 4.69) is 70.5 Å². The molecule has 3 aromatic heterocycles. The van der Waals surface area contributed by atoms with Gasteiger partial charge in [0.15, 0.2) is 5.65 Å². The van der Waals surface area contributed by atoms with Crippen LogP contribution in [0.5, 0.6) is 5.75 Å². The van der Waals surface area contributed by atoms with Crippen LogP contribution in [0.15, 0.2) is 48.7 Å². The summed E-state index contributed by atoms with van der Waals surface area (Å²) in [5.41, 5.74) is 3.65. The standard InChI is InChI=1S/C34H45N9O2/c1-22-11-9-10-18-42(22)33-40-39-31-17-14-23(20-43(31)33)45-27-16-15-26(24-12-7-8-13-25(24)27)35-32(44)38-29-19-28(34(2,3)4)36-30(37-29)21-41(5)6/h7-8,12-14,17,19-20,22,26-27H,9-11,15-16,18,21H2,1-6H3,(H2,35,36,37,38,44)/t22-,26?,27+/m0/s1. The number of amides is 2. The average molecular weight is 612 g/mol. The number of hydrogen-bond donors (Lipinski definition) is 2. The molecule has 0 saturated carbocycles. The second kappa shape index (κ2) is 12.6. The maximum absolute atomic E-state index is 13.3. The van der Waals surface area contributed by atoms with Gasteiger partial charge in [-0.3, -0.25) is 9.72 Å². The molecule has 2 amide bonds. The number of aromatic nitrogens is 5. The summed E-state index contributed by atoms with van der Waals surface area (Å²) >= 11 is 0. The van der Waals surface area contributed by atoms with Crippen LogP contribution in [0.2, 0.25) is 0 Å². The van der Waals surface area contributed by atoms with E-state index < -0.39 is 0 Å². The second-order valence-corrected chi connectivity index (χ2v) is 13.6. The van der Waals surface area contributed by atoms with Crippen LogP contribution < -0.4 is 20.3 Å². The minimum Gasteiger partial charge on any atom is -0.484 e. The molecule has 0 bridgehead atoms. The van der Waals surface area contributed by atoms with E-state index in [1.54, 1.807) is 0 Å². The zero-order chi connectivity index (χ0) is 31.7. The van der Waals surface area contributed by atoms with E-state index in [-0.39, 0.29) is 23.6 Å². The molecule has 1 fully saturated rings. The van der Waals surface area contributed by atoms with Crippen LogP contribution >= 0.6 is 0 Å². The fraction of sp³-hybridized carbons (Fsp3) is 0.500. The van der Waals surface area contributed by atoms with Crippen LogP contribution in [0, 0.1) is 0 Å². The Morgan fingerprint density at radius 3 is 2.58 bits per heavy atom. The van der Waals surface area contributed by atoms with E-state index in [4.69, 9.17) is 9.72 Å². The van der Waals surface area contributed by atoms with Crippen LogP contribution in [0.4, 0.5) is 16.6 Å². The highest BCUT2D eigenvalue weighted by atomic mass is 16.5. The summed E-state index contributed by atoms with van der Waals surface area (Å²) in [6.07, 6.45) is 6.93. The van der Waals surface area contributed by atoms with Crippen LogP contribution in [0.25, 0.3) is 5.65 Å². The molecule has 4 heterocycles. The zero-order valence-corrected chi connectivity index (χ0v) is 27.2. The first-order chi connectivity index (χ1) is 21.5. The number of hydrogen-bond acceptors (Lipinski definition) is 8. The molecule has 1 aliphatic carbocycles. The van der Waals surface area contributed by atoms with Gasteiger partial charge in [0.05, 0.1) is 24.5 Å². The van der Waals surface area contributed by atoms with Gasteiger partial charge in [0.1, 0.15) is 23.5 Å². The Kier molecular flexibility index (Phi) is 8.63. The van der Waals surface area contributed by atoms with Crippen molar-refractivity contribution in [2.75, 3.05) is 30.9 Å². The van der Waals surface area contributed by atoms with E-state index >= 15 is 0 Å². The number of anilines is 2. The number of pyridine rings is 1. The molecule has 2 N–H and O–H groups in total. The predicted octanol–water partition coefficient (Wildman–Crippen LogP) is 6.03. The second-order valence-electron chi connectivity index (χ2n) is 13.6. The summed E-state index contributed by atoms with van der Waals surface area (Å²) in [6, 6.07) is 14.0. The van der Waals surface area contributed by atoms with Crippen LogP contribution in [-0.2, 0) is 12.0 Å². The molecule has 2 aliphatic rings. The molecule has 11 nitrogen and oxygen atoms in total. The Morgan fingerprint density at radius 2 is 1.82 bits per heavy atom. The van der Waals surface area contributed by atoms with Crippen LogP contribution in [0.1, 0.15) is 94.6 Å². The Hall–Kier alpha value is -4.25. The number of nitrogens with one attached hydrogen (secondary N) is 2. The summed E-state index contributed by atoms with van der Waals surface area (Å²) in [5.74, 6) is 2.81. The zero-order valence-electron chi connectivity index (χ0n) is 27.2. The van der Waals surface area contributed by atoms with Crippen molar-refractivity contribution in [2.45, 2.75) is 89.9 Å². The number of nitrogens with zero attached hydrogens (tertiary/aromatic N) is 7. The van der Waals surface area contributed by atoms with Crippen molar-refractivity contribution in [3.05, 3.63) is 71.3 Å². The van der Waals surface area contributed by atoms with Gasteiger partial charge in [-0.15, -0.1) is 10.2 Å². The number of benzene rings is 1. The van der Waals surface area contributed by atoms with Gasteiger partial charge in [-0.1, -0.05) is 45.0 Å². The molecule has 1 saturated heterocycles. The average Bonchev–Trinajstić information content (AvgIpc) is 3.41. The molecule has 3 atom stereocenters. The summed E-state index contributed by atoms with van der Waals surface area (Å²) in [6.45, 7) is 10.1. The number of ether oxygens (including phenoxy) is 1. The Labute approximate surface area is 265 Å². The van der Waals surface area contributed by atoms with E-state index in [1.165, 1.54) is 6.42 Å². The fourth-order valence-electron chi connectivity index (χ4n) is 6.32. The number of fused-ring (bicyclic) bond motifs is 2. The highest BCUT2D eigenvalue weighted by Gasteiger charge is 2.30. The Morgan fingerprint density at radius 1 is 1.02 bits per heavy atom. The molecular weight excluding hydrogens is 566 g/mol. The molecule has 1 aromatic carbocycles. The molecule has 238 valence electrons. The van der Waals surface area contributed by atoms with Gasteiger partial charge < -0.3 is 19.9 Å². The number of urea groups is 1. The van der Waals surface area contributed by atoms with Gasteiger partial charge in [0, 0.05) is 24.1 Å². The summed E-state index contributed by atoms with van der Waals surface area (Å²) in [4.78, 5) is 27.0. The quantitative estimate of drug-likeness (QED) is 0.260. The third-order valence-corrected chi connectivity index (χ3v) is 8.68. The molecule has 0 spiro atoms. The summed E-state index contributed by atoms with van der Waals surface area (Å²) < 4.78 is 8.67. The SMILES string of the molecule is C[C@H]1CCCCN1c1nnc2ccc(O[C@@H]3CCC(NC(=O)Nc4cc(C(C)(C)C)nc(CN(C)C)n4)c4ccccc43)cn12. The lowest BCUT2D eigenvalue weighted by atomic mass is 9.85. The van der Waals surface area contributed by atoms with Crippen molar-refractivity contribution in [3.63, 3.8) is 0 Å². The maximum atomic E-state index is 13.3. The van der Waals surface area contributed by atoms with Gasteiger partial charge in [-0.2, -0.15) is 0 Å². The molecule has 1 aliphatic heterocycles. The number of carbonyl (C=O) groups is 1. The maximum Gasteiger partial charge on any atom is 0.320 e. The molecule has 1 unspecified atom stereocenters. The van der Waals surface area contributed by atoms with E-state index in [9.17, 15) is 4.79 Å². The summed E-state index contributed by atoms with van der Waals surface area (Å²) in [5, 5.41) is 15.1. The highest BCUT2D eigenvalue weighted by Crippen LogP contribution is 2.39. The summed E-state index contributed by atoms with van der Waals surface area (Å²) in [7, 11) is 3.95. The largest absolute Gasteiger partial charge is 0.484 e. The first-order valence-electron chi connectivity index (χ1n) is 16.0. The highest BCUT2D eigenvalue weighted by molar-refractivity contribution is 5.88. The van der Waals surface area contributed by atoms with Gasteiger partial charge in [-0.05, 0) is 76.4 Å². The van der Waals surface area contributed by atoms with Gasteiger partial charge >= 0.3 is 6.03 Å². The molecule has 4 aromatic rings. The first-order valence-corrected chi connectivity index (χ1v) is 16.0. The lowest BCUT2D eigenvalue weighted by Crippen LogP contribution is -2.38. The van der Waals surface area contributed by atoms with Crippen molar-refractivity contribution in [1.29, 1.82) is 0 Å². The minimum absolute atomic E-state index is 0.140. The van der Waals surface area contributed by atoms with Gasteiger partial charge in [-0.25, -0.2) is 14.8 Å². The van der Waals surface area contributed by atoms with E-state index in [0.717, 1.165) is 66.4 Å². The van der Waals surface area contributed by atoms with Crippen molar-refractivity contribution in [3.8, 4) is 5.75 Å². The normalized spacial score (nSPS) is 20.2. The third kappa shape index (κ3) is 6.88. The lowest BCUT2D eigenvalue weighted by Gasteiger charge is -2.33. The molecule has 0 radical (unpaired) electrons. The van der Waals surface area contributed by atoms with Crippen LogP contribution in [-0.4, -0.2) is 62.2 Å². The number of rotatable bonds is 7. The Bertz CT molecular complexity index is 1660. The van der Waals surface area contributed by atoms with E-state index in [0.29, 0.717) is 24.2 Å². The lowest BCUT2D eigenvalue weighted by molar-refractivity contribution is 0.171. The molecular formula is C34H45N9O2. The van der Waals surface area contributed by atoms with Crippen molar-refractivity contribution >= 4 is 23.4 Å². The van der Waals surface area contributed by atoms with Gasteiger partial charge in [0.25, 0.3) is 0 Å². The third-order valence-electron chi connectivity index (χ3n) is 8.68. The monoisotopic (exact) mass is 611 g/mol. The minimum atomic E-state index is -0.291. The van der Waals surface area contributed by atoms with Crippen LogP contribution in [0.3, 0.4) is 0 Å². The molecule has 6 rings (SSSR count). The van der Waals surface area contributed by atoms with E-state index in [1.807, 2.05) is 59.9 Å². The van der Waals surface area contributed by atoms with Crippen molar-refractivity contribution in [2.24, 2.45) is 0 Å². The smallest absolute Gasteiger partial charge is 0.320 e. The van der Waals surface area contributed by atoms with Gasteiger partial charge in [0.2, 0.25) is 5.95 Å². The number of carbonyl (C=O) groups excluding carboxylic acids is 1. The van der Waals surface area contributed by atoms with Crippen molar-refractivity contribution in [1.82, 2.24) is 34.8 Å². The topological polar surface area (TPSA) is 113 Å². The fourth-order valence-corrected chi connectivity index (χ4v) is 6.32. The predicted molar refractivity (Wildman–Crippen MR) is 176 cm³/mol.